The Morgan fingerprint density at radius 1 is 1.17 bits per heavy atom. The summed E-state index contributed by atoms with van der Waals surface area (Å²) in [6, 6.07) is 17.3. The summed E-state index contributed by atoms with van der Waals surface area (Å²) >= 11 is 0. The van der Waals surface area contributed by atoms with Crippen molar-refractivity contribution in [3.63, 3.8) is 0 Å². The standard InChI is InChI=1S/C23H26N4O3/c1-16-12-17-6-3-4-9-21(17)26(16)11-10-24-23(29)25-18-13-22(28)27(15-18)19-7-5-8-20(14-19)30-2/h3-9,12,14,18H,10-11,13,15H2,1-2H3,(H2,24,25,29)/t18-/m0/s1. The molecule has 1 aromatic heterocycles. The van der Waals surface area contributed by atoms with Gasteiger partial charge >= 0.3 is 6.03 Å². The predicted molar refractivity (Wildman–Crippen MR) is 117 cm³/mol. The van der Waals surface area contributed by atoms with Crippen molar-refractivity contribution in [1.29, 1.82) is 0 Å². The second kappa shape index (κ2) is 8.49. The van der Waals surface area contributed by atoms with Crippen LogP contribution in [0.4, 0.5) is 10.5 Å². The number of amides is 3. The molecule has 7 nitrogen and oxygen atoms in total. The van der Waals surface area contributed by atoms with Crippen LogP contribution in [0.1, 0.15) is 12.1 Å². The number of urea groups is 1. The van der Waals surface area contributed by atoms with Crippen molar-refractivity contribution in [3.8, 4) is 5.75 Å². The van der Waals surface area contributed by atoms with Gasteiger partial charge in [0.05, 0.1) is 13.2 Å². The summed E-state index contributed by atoms with van der Waals surface area (Å²) in [6.07, 6.45) is 0.284. The lowest BCUT2D eigenvalue weighted by Gasteiger charge is -2.18. The number of nitrogens with one attached hydrogen (secondary N) is 2. The number of hydrogen-bond acceptors (Lipinski definition) is 3. The van der Waals surface area contributed by atoms with E-state index < -0.39 is 0 Å². The topological polar surface area (TPSA) is 75.6 Å². The summed E-state index contributed by atoms with van der Waals surface area (Å²) in [7, 11) is 1.59. The van der Waals surface area contributed by atoms with E-state index in [2.05, 4.69) is 40.3 Å². The highest BCUT2D eigenvalue weighted by atomic mass is 16.5. The van der Waals surface area contributed by atoms with Gasteiger partial charge in [0.2, 0.25) is 5.91 Å². The number of rotatable bonds is 6. The molecule has 3 amide bonds. The molecule has 156 valence electrons. The summed E-state index contributed by atoms with van der Waals surface area (Å²) in [4.78, 5) is 26.4. The second-order valence-electron chi connectivity index (χ2n) is 7.50. The number of carbonyl (C=O) groups excluding carboxylic acids is 2. The zero-order chi connectivity index (χ0) is 21.1. The van der Waals surface area contributed by atoms with Gasteiger partial charge in [-0.1, -0.05) is 24.3 Å². The van der Waals surface area contributed by atoms with Gasteiger partial charge in [-0.05, 0) is 36.6 Å². The number of methoxy groups -OCH3 is 1. The normalized spacial score (nSPS) is 16.1. The average molecular weight is 406 g/mol. The third-order valence-electron chi connectivity index (χ3n) is 5.46. The van der Waals surface area contributed by atoms with Crippen molar-refractivity contribution >= 4 is 28.5 Å². The van der Waals surface area contributed by atoms with Gasteiger partial charge in [0.15, 0.2) is 0 Å². The number of fused-ring (bicyclic) bond motifs is 1. The van der Waals surface area contributed by atoms with Crippen molar-refractivity contribution in [2.24, 2.45) is 0 Å². The number of nitrogens with zero attached hydrogens (tertiary/aromatic N) is 2. The Bertz CT molecular complexity index is 1080. The zero-order valence-corrected chi connectivity index (χ0v) is 17.2. The first-order valence-corrected chi connectivity index (χ1v) is 10.1. The maximum Gasteiger partial charge on any atom is 0.315 e. The lowest BCUT2D eigenvalue weighted by Crippen LogP contribution is -2.44. The quantitative estimate of drug-likeness (QED) is 0.661. The minimum Gasteiger partial charge on any atom is -0.497 e. The lowest BCUT2D eigenvalue weighted by molar-refractivity contribution is -0.117. The van der Waals surface area contributed by atoms with Crippen LogP contribution < -0.4 is 20.3 Å². The summed E-state index contributed by atoms with van der Waals surface area (Å²) < 4.78 is 7.43. The van der Waals surface area contributed by atoms with Crippen molar-refractivity contribution in [1.82, 2.24) is 15.2 Å². The van der Waals surface area contributed by atoms with Crippen LogP contribution in [0.2, 0.25) is 0 Å². The van der Waals surface area contributed by atoms with E-state index in [0.29, 0.717) is 25.4 Å². The molecule has 1 saturated heterocycles. The van der Waals surface area contributed by atoms with Gasteiger partial charge in [-0.25, -0.2) is 4.79 Å². The summed E-state index contributed by atoms with van der Waals surface area (Å²) in [6.45, 7) is 3.70. The number of carbonyl (C=O) groups is 2. The molecule has 1 aliphatic rings. The molecule has 1 fully saturated rings. The number of aryl methyl sites for hydroxylation is 1. The Kier molecular flexibility index (Phi) is 5.61. The van der Waals surface area contributed by atoms with E-state index in [-0.39, 0.29) is 24.4 Å². The molecule has 30 heavy (non-hydrogen) atoms. The molecular formula is C23H26N4O3. The van der Waals surface area contributed by atoms with Crippen LogP contribution >= 0.6 is 0 Å². The monoisotopic (exact) mass is 406 g/mol. The van der Waals surface area contributed by atoms with Crippen LogP contribution in [-0.4, -0.2) is 42.7 Å². The maximum absolute atomic E-state index is 12.4. The smallest absolute Gasteiger partial charge is 0.315 e. The summed E-state index contributed by atoms with van der Waals surface area (Å²) in [5.74, 6) is 0.685. The van der Waals surface area contributed by atoms with Gasteiger partial charge in [-0.3, -0.25) is 4.79 Å². The number of para-hydroxylation sites is 1. The molecule has 0 radical (unpaired) electrons. The Morgan fingerprint density at radius 3 is 2.83 bits per heavy atom. The number of benzene rings is 2. The van der Waals surface area contributed by atoms with Gasteiger partial charge in [0.25, 0.3) is 0 Å². The van der Waals surface area contributed by atoms with Crippen LogP contribution in [0.3, 0.4) is 0 Å². The molecule has 0 unspecified atom stereocenters. The molecule has 2 heterocycles. The first-order valence-electron chi connectivity index (χ1n) is 10.1. The van der Waals surface area contributed by atoms with Crippen LogP contribution in [0, 0.1) is 6.92 Å². The molecule has 0 spiro atoms. The second-order valence-corrected chi connectivity index (χ2v) is 7.50. The Morgan fingerprint density at radius 2 is 2.00 bits per heavy atom. The zero-order valence-electron chi connectivity index (χ0n) is 17.2. The van der Waals surface area contributed by atoms with Crippen molar-refractivity contribution in [3.05, 3.63) is 60.3 Å². The molecule has 2 aromatic carbocycles. The fraction of sp³-hybridized carbons (Fsp3) is 0.304. The van der Waals surface area contributed by atoms with E-state index in [1.165, 1.54) is 5.39 Å². The fourth-order valence-electron chi connectivity index (χ4n) is 4.00. The molecule has 2 N–H and O–H groups in total. The molecule has 4 rings (SSSR count). The van der Waals surface area contributed by atoms with E-state index in [9.17, 15) is 9.59 Å². The largest absolute Gasteiger partial charge is 0.497 e. The Labute approximate surface area is 175 Å². The number of hydrogen-bond donors (Lipinski definition) is 2. The highest BCUT2D eigenvalue weighted by molar-refractivity contribution is 5.97. The number of anilines is 1. The maximum atomic E-state index is 12.4. The van der Waals surface area contributed by atoms with Gasteiger partial charge in [-0.2, -0.15) is 0 Å². The van der Waals surface area contributed by atoms with E-state index in [4.69, 9.17) is 4.74 Å². The first kappa shape index (κ1) is 19.8. The highest BCUT2D eigenvalue weighted by Gasteiger charge is 2.31. The van der Waals surface area contributed by atoms with Crippen LogP contribution in [-0.2, 0) is 11.3 Å². The average Bonchev–Trinajstić information content (AvgIpc) is 3.27. The molecule has 7 heteroatoms. The first-order chi connectivity index (χ1) is 14.5. The molecule has 0 aliphatic carbocycles. The molecular weight excluding hydrogens is 380 g/mol. The number of ether oxygens (including phenoxy) is 1. The van der Waals surface area contributed by atoms with E-state index in [0.717, 1.165) is 16.9 Å². The third-order valence-corrected chi connectivity index (χ3v) is 5.46. The minimum absolute atomic E-state index is 0.0111. The van der Waals surface area contributed by atoms with Gasteiger partial charge < -0.3 is 24.8 Å². The molecule has 0 bridgehead atoms. The SMILES string of the molecule is COc1cccc(N2C[C@@H](NC(=O)NCCn3c(C)cc4ccccc43)CC2=O)c1. The van der Waals surface area contributed by atoms with Gasteiger partial charge in [0.1, 0.15) is 5.75 Å². The highest BCUT2D eigenvalue weighted by Crippen LogP contribution is 2.25. The number of aromatic nitrogens is 1. The van der Waals surface area contributed by atoms with Gasteiger partial charge in [-0.15, -0.1) is 0 Å². The third kappa shape index (κ3) is 4.10. The predicted octanol–water partition coefficient (Wildman–Crippen LogP) is 3.06. The van der Waals surface area contributed by atoms with E-state index in [1.807, 2.05) is 36.4 Å². The van der Waals surface area contributed by atoms with Gasteiger partial charge in [0, 0.05) is 49.0 Å². The van der Waals surface area contributed by atoms with Crippen LogP contribution in [0.25, 0.3) is 10.9 Å². The van der Waals surface area contributed by atoms with Crippen molar-refractivity contribution in [2.75, 3.05) is 25.1 Å². The molecule has 1 aliphatic heterocycles. The fourth-order valence-corrected chi connectivity index (χ4v) is 4.00. The van der Waals surface area contributed by atoms with Crippen molar-refractivity contribution in [2.45, 2.75) is 25.9 Å². The summed E-state index contributed by atoms with van der Waals surface area (Å²) in [5, 5.41) is 7.02. The molecule has 0 saturated carbocycles. The van der Waals surface area contributed by atoms with E-state index >= 15 is 0 Å². The van der Waals surface area contributed by atoms with Crippen LogP contribution in [0.15, 0.2) is 54.6 Å². The van der Waals surface area contributed by atoms with Crippen molar-refractivity contribution < 1.29 is 14.3 Å². The molecule has 1 atom stereocenters. The summed E-state index contributed by atoms with van der Waals surface area (Å²) in [5.41, 5.74) is 3.10. The molecule has 3 aromatic rings. The minimum atomic E-state index is -0.255. The Balaban J connectivity index is 1.30. The Hall–Kier alpha value is -3.48. The lowest BCUT2D eigenvalue weighted by atomic mass is 10.2. The van der Waals surface area contributed by atoms with E-state index in [1.54, 1.807) is 12.0 Å². The van der Waals surface area contributed by atoms with Crippen LogP contribution in [0.5, 0.6) is 5.75 Å².